The number of hydrogen-bond donors (Lipinski definition) is 2. The second-order valence-corrected chi connectivity index (χ2v) is 5.02. The Labute approximate surface area is 109 Å². The predicted octanol–water partition coefficient (Wildman–Crippen LogP) is 1.51. The summed E-state index contributed by atoms with van der Waals surface area (Å²) in [4.78, 5) is 8.52. The first-order valence-corrected chi connectivity index (χ1v) is 6.57. The standard InChI is InChI=1S/C14H22N4/c1-10-8-13(10)18-14(15-3)16-7-6-12-5-4-11(2)17-9-12/h4-5,9-10,13H,6-8H2,1-3H3,(H2,15,16,18). The van der Waals surface area contributed by atoms with E-state index in [1.807, 2.05) is 26.2 Å². The van der Waals surface area contributed by atoms with Crippen molar-refractivity contribution in [2.24, 2.45) is 10.9 Å². The van der Waals surface area contributed by atoms with Crippen molar-refractivity contribution in [3.8, 4) is 0 Å². The molecule has 98 valence electrons. The molecule has 4 heteroatoms. The molecule has 2 N–H and O–H groups in total. The molecule has 1 heterocycles. The van der Waals surface area contributed by atoms with Crippen LogP contribution in [0.4, 0.5) is 0 Å². The summed E-state index contributed by atoms with van der Waals surface area (Å²) in [5, 5.41) is 6.74. The maximum atomic E-state index is 4.29. The fraction of sp³-hybridized carbons (Fsp3) is 0.571. The van der Waals surface area contributed by atoms with Crippen LogP contribution in [0.2, 0.25) is 0 Å². The SMILES string of the molecule is CN=C(NCCc1ccc(C)nc1)NC1CC1C. The molecule has 0 spiro atoms. The molecule has 2 rings (SSSR count). The Balaban J connectivity index is 1.72. The zero-order valence-electron chi connectivity index (χ0n) is 11.4. The summed E-state index contributed by atoms with van der Waals surface area (Å²) in [6.07, 6.45) is 4.16. The summed E-state index contributed by atoms with van der Waals surface area (Å²) in [7, 11) is 1.82. The smallest absolute Gasteiger partial charge is 0.191 e. The van der Waals surface area contributed by atoms with Gasteiger partial charge in [0, 0.05) is 31.5 Å². The van der Waals surface area contributed by atoms with Crippen LogP contribution in [-0.2, 0) is 6.42 Å². The minimum atomic E-state index is 0.609. The molecule has 1 aliphatic rings. The molecule has 4 nitrogen and oxygen atoms in total. The van der Waals surface area contributed by atoms with E-state index in [0.29, 0.717) is 6.04 Å². The summed E-state index contributed by atoms with van der Waals surface area (Å²) in [5.74, 6) is 1.69. The lowest BCUT2D eigenvalue weighted by Gasteiger charge is -2.11. The van der Waals surface area contributed by atoms with Gasteiger partial charge in [0.1, 0.15) is 0 Å². The van der Waals surface area contributed by atoms with E-state index in [0.717, 1.165) is 30.5 Å². The third-order valence-corrected chi connectivity index (χ3v) is 3.33. The van der Waals surface area contributed by atoms with Crippen LogP contribution in [0.5, 0.6) is 0 Å². The molecule has 1 fully saturated rings. The van der Waals surface area contributed by atoms with E-state index in [1.54, 1.807) is 0 Å². The van der Waals surface area contributed by atoms with E-state index < -0.39 is 0 Å². The van der Waals surface area contributed by atoms with Crippen LogP contribution in [0.15, 0.2) is 23.3 Å². The highest BCUT2D eigenvalue weighted by atomic mass is 15.2. The van der Waals surface area contributed by atoms with Gasteiger partial charge in [-0.1, -0.05) is 13.0 Å². The molecule has 0 radical (unpaired) electrons. The largest absolute Gasteiger partial charge is 0.356 e. The zero-order chi connectivity index (χ0) is 13.0. The van der Waals surface area contributed by atoms with Crippen LogP contribution in [0.3, 0.4) is 0 Å². The molecular formula is C14H22N4. The van der Waals surface area contributed by atoms with Gasteiger partial charge in [0.2, 0.25) is 0 Å². The number of hydrogen-bond acceptors (Lipinski definition) is 2. The van der Waals surface area contributed by atoms with E-state index in [-0.39, 0.29) is 0 Å². The van der Waals surface area contributed by atoms with Crippen molar-refractivity contribution in [2.45, 2.75) is 32.7 Å². The number of aryl methyl sites for hydroxylation is 1. The predicted molar refractivity (Wildman–Crippen MR) is 74.7 cm³/mol. The van der Waals surface area contributed by atoms with Gasteiger partial charge in [-0.2, -0.15) is 0 Å². The molecule has 1 aliphatic carbocycles. The average Bonchev–Trinajstić information content (AvgIpc) is 3.06. The Bertz CT molecular complexity index is 410. The number of pyridine rings is 1. The Kier molecular flexibility index (Phi) is 4.18. The van der Waals surface area contributed by atoms with Crippen molar-refractivity contribution in [2.75, 3.05) is 13.6 Å². The number of nitrogens with zero attached hydrogens (tertiary/aromatic N) is 2. The lowest BCUT2D eigenvalue weighted by molar-refractivity contribution is 0.757. The van der Waals surface area contributed by atoms with Gasteiger partial charge in [-0.15, -0.1) is 0 Å². The van der Waals surface area contributed by atoms with Crippen molar-refractivity contribution in [3.05, 3.63) is 29.6 Å². The van der Waals surface area contributed by atoms with Gasteiger partial charge in [-0.3, -0.25) is 9.98 Å². The molecule has 0 amide bonds. The molecule has 0 aliphatic heterocycles. The first-order chi connectivity index (χ1) is 8.69. The van der Waals surface area contributed by atoms with E-state index in [2.05, 4.69) is 33.6 Å². The Morgan fingerprint density at radius 3 is 2.83 bits per heavy atom. The number of aromatic nitrogens is 1. The van der Waals surface area contributed by atoms with Crippen molar-refractivity contribution in [1.29, 1.82) is 0 Å². The maximum absolute atomic E-state index is 4.29. The topological polar surface area (TPSA) is 49.3 Å². The lowest BCUT2D eigenvalue weighted by Crippen LogP contribution is -2.39. The van der Waals surface area contributed by atoms with E-state index in [1.165, 1.54) is 12.0 Å². The summed E-state index contributed by atoms with van der Waals surface area (Å²) >= 11 is 0. The molecule has 2 atom stereocenters. The van der Waals surface area contributed by atoms with Crippen LogP contribution in [-0.4, -0.2) is 30.6 Å². The molecule has 0 bridgehead atoms. The van der Waals surface area contributed by atoms with E-state index >= 15 is 0 Å². The van der Waals surface area contributed by atoms with Gasteiger partial charge < -0.3 is 10.6 Å². The first-order valence-electron chi connectivity index (χ1n) is 6.57. The first kappa shape index (κ1) is 12.9. The van der Waals surface area contributed by atoms with Crippen molar-refractivity contribution < 1.29 is 0 Å². The van der Waals surface area contributed by atoms with Gasteiger partial charge in [-0.25, -0.2) is 0 Å². The lowest BCUT2D eigenvalue weighted by atomic mass is 10.2. The summed E-state index contributed by atoms with van der Waals surface area (Å²) in [6.45, 7) is 5.14. The number of nitrogens with one attached hydrogen (secondary N) is 2. The van der Waals surface area contributed by atoms with Crippen molar-refractivity contribution >= 4 is 5.96 Å². The van der Waals surface area contributed by atoms with E-state index in [4.69, 9.17) is 0 Å². The molecule has 0 saturated heterocycles. The van der Waals surface area contributed by atoms with Crippen LogP contribution in [0.1, 0.15) is 24.6 Å². The normalized spacial score (nSPS) is 22.7. The Morgan fingerprint density at radius 2 is 2.28 bits per heavy atom. The summed E-state index contributed by atoms with van der Waals surface area (Å²) in [5.41, 5.74) is 2.32. The fourth-order valence-electron chi connectivity index (χ4n) is 1.86. The van der Waals surface area contributed by atoms with Crippen LogP contribution >= 0.6 is 0 Å². The Morgan fingerprint density at radius 1 is 1.50 bits per heavy atom. The maximum Gasteiger partial charge on any atom is 0.191 e. The summed E-state index contributed by atoms with van der Waals surface area (Å²) < 4.78 is 0. The average molecular weight is 246 g/mol. The fourth-order valence-corrected chi connectivity index (χ4v) is 1.86. The molecule has 0 aromatic carbocycles. The number of rotatable bonds is 4. The Hall–Kier alpha value is -1.58. The van der Waals surface area contributed by atoms with Crippen molar-refractivity contribution in [1.82, 2.24) is 15.6 Å². The van der Waals surface area contributed by atoms with E-state index in [9.17, 15) is 0 Å². The highest BCUT2D eigenvalue weighted by Gasteiger charge is 2.33. The van der Waals surface area contributed by atoms with Gasteiger partial charge in [0.15, 0.2) is 5.96 Å². The molecule has 18 heavy (non-hydrogen) atoms. The van der Waals surface area contributed by atoms with Crippen molar-refractivity contribution in [3.63, 3.8) is 0 Å². The molecular weight excluding hydrogens is 224 g/mol. The van der Waals surface area contributed by atoms with Gasteiger partial charge in [-0.05, 0) is 37.3 Å². The quantitative estimate of drug-likeness (QED) is 0.625. The second kappa shape index (κ2) is 5.85. The zero-order valence-corrected chi connectivity index (χ0v) is 11.4. The van der Waals surface area contributed by atoms with Crippen LogP contribution < -0.4 is 10.6 Å². The van der Waals surface area contributed by atoms with Gasteiger partial charge in [0.25, 0.3) is 0 Å². The number of guanidine groups is 1. The van der Waals surface area contributed by atoms with Gasteiger partial charge in [0.05, 0.1) is 0 Å². The minimum absolute atomic E-state index is 0.609. The monoisotopic (exact) mass is 246 g/mol. The molecule has 1 aromatic heterocycles. The highest BCUT2D eigenvalue weighted by Crippen LogP contribution is 2.28. The number of aliphatic imine (C=N–C) groups is 1. The third-order valence-electron chi connectivity index (χ3n) is 3.33. The minimum Gasteiger partial charge on any atom is -0.356 e. The summed E-state index contributed by atoms with van der Waals surface area (Å²) in [6, 6.07) is 4.79. The second-order valence-electron chi connectivity index (χ2n) is 5.02. The molecule has 1 saturated carbocycles. The van der Waals surface area contributed by atoms with Crippen LogP contribution in [0.25, 0.3) is 0 Å². The highest BCUT2D eigenvalue weighted by molar-refractivity contribution is 5.80. The van der Waals surface area contributed by atoms with Gasteiger partial charge >= 0.3 is 0 Å². The third kappa shape index (κ3) is 3.72. The molecule has 2 unspecified atom stereocenters. The van der Waals surface area contributed by atoms with Crippen LogP contribution in [0, 0.1) is 12.8 Å². The molecule has 1 aromatic rings.